The van der Waals surface area contributed by atoms with Crippen LogP contribution in [0.1, 0.15) is 28.4 Å². The second-order valence-corrected chi connectivity index (χ2v) is 6.71. The van der Waals surface area contributed by atoms with Crippen molar-refractivity contribution >= 4 is 11.0 Å². The topological polar surface area (TPSA) is 54.7 Å². The van der Waals surface area contributed by atoms with E-state index in [1.807, 2.05) is 20.8 Å². The monoisotopic (exact) mass is 331 g/mol. The Balaban J connectivity index is 2.10. The number of nitrogens with zero attached hydrogens (tertiary/aromatic N) is 2. The fourth-order valence-electron chi connectivity index (χ4n) is 3.71. The molecule has 0 radical (unpaired) electrons. The number of hydrogen-bond acceptors (Lipinski definition) is 3. The van der Waals surface area contributed by atoms with E-state index in [9.17, 15) is 0 Å². The van der Waals surface area contributed by atoms with Gasteiger partial charge in [0, 0.05) is 11.1 Å². The lowest BCUT2D eigenvalue weighted by Crippen LogP contribution is -1.91. The first-order chi connectivity index (χ1) is 12.0. The molecule has 0 unspecified atom stereocenters. The minimum absolute atomic E-state index is 0.834. The Hall–Kier alpha value is -2.88. The molecule has 2 heterocycles. The molecule has 2 aromatic carbocycles. The molecule has 4 rings (SSSR count). The van der Waals surface area contributed by atoms with Gasteiger partial charge in [0.1, 0.15) is 11.6 Å². The van der Waals surface area contributed by atoms with Gasteiger partial charge in [-0.05, 0) is 69.0 Å². The summed E-state index contributed by atoms with van der Waals surface area (Å²) in [5, 5.41) is 4.11. The van der Waals surface area contributed by atoms with Crippen LogP contribution >= 0.6 is 0 Å². The maximum absolute atomic E-state index is 5.38. The molecular weight excluding hydrogens is 310 g/mol. The largest absolute Gasteiger partial charge is 0.361 e. The molecule has 1 N–H and O–H groups in total. The zero-order valence-corrected chi connectivity index (χ0v) is 15.2. The van der Waals surface area contributed by atoms with Gasteiger partial charge >= 0.3 is 0 Å². The molecule has 4 nitrogen and oxygen atoms in total. The van der Waals surface area contributed by atoms with Gasteiger partial charge in [0.05, 0.1) is 16.7 Å². The van der Waals surface area contributed by atoms with Gasteiger partial charge in [0.2, 0.25) is 0 Å². The van der Waals surface area contributed by atoms with Crippen molar-refractivity contribution in [3.05, 3.63) is 58.7 Å². The number of imidazole rings is 1. The highest BCUT2D eigenvalue weighted by Gasteiger charge is 2.18. The van der Waals surface area contributed by atoms with Gasteiger partial charge in [-0.25, -0.2) is 4.98 Å². The van der Waals surface area contributed by atoms with Crippen LogP contribution in [0.25, 0.3) is 33.3 Å². The van der Waals surface area contributed by atoms with E-state index in [2.05, 4.69) is 54.3 Å². The molecule has 0 fully saturated rings. The smallest absolute Gasteiger partial charge is 0.141 e. The third-order valence-corrected chi connectivity index (χ3v) is 4.78. The van der Waals surface area contributed by atoms with E-state index < -0.39 is 0 Å². The first-order valence-corrected chi connectivity index (χ1v) is 8.46. The van der Waals surface area contributed by atoms with Crippen LogP contribution in [-0.2, 0) is 0 Å². The fourth-order valence-corrected chi connectivity index (χ4v) is 3.71. The van der Waals surface area contributed by atoms with Crippen LogP contribution in [-0.4, -0.2) is 15.1 Å². The third-order valence-electron chi connectivity index (χ3n) is 4.78. The zero-order valence-electron chi connectivity index (χ0n) is 15.2. The van der Waals surface area contributed by atoms with Gasteiger partial charge in [-0.15, -0.1) is 0 Å². The summed E-state index contributed by atoms with van der Waals surface area (Å²) < 4.78 is 5.38. The van der Waals surface area contributed by atoms with Crippen molar-refractivity contribution in [1.29, 1.82) is 0 Å². The molecule has 25 heavy (non-hydrogen) atoms. The highest BCUT2D eigenvalue weighted by Crippen LogP contribution is 2.37. The quantitative estimate of drug-likeness (QED) is 0.533. The van der Waals surface area contributed by atoms with Crippen molar-refractivity contribution < 1.29 is 4.52 Å². The first-order valence-electron chi connectivity index (χ1n) is 8.46. The highest BCUT2D eigenvalue weighted by molar-refractivity contribution is 5.97. The molecule has 0 amide bonds. The Morgan fingerprint density at radius 1 is 0.920 bits per heavy atom. The summed E-state index contributed by atoms with van der Waals surface area (Å²) in [4.78, 5) is 8.13. The van der Waals surface area contributed by atoms with E-state index in [1.54, 1.807) is 0 Å². The zero-order chi connectivity index (χ0) is 17.7. The molecule has 0 spiro atoms. The fraction of sp³-hybridized carbons (Fsp3) is 0.238. The number of hydrogen-bond donors (Lipinski definition) is 1. The molecule has 4 aromatic rings. The summed E-state index contributed by atoms with van der Waals surface area (Å²) in [6.45, 7) is 10.2. The number of H-pyrrole nitrogens is 1. The molecule has 0 aliphatic rings. The lowest BCUT2D eigenvalue weighted by Gasteiger charge is -2.12. The van der Waals surface area contributed by atoms with Gasteiger partial charge in [-0.3, -0.25) is 0 Å². The Labute approximate surface area is 146 Å². The number of aryl methyl sites for hydroxylation is 5. The molecule has 4 heteroatoms. The van der Waals surface area contributed by atoms with Gasteiger partial charge < -0.3 is 9.51 Å². The molecule has 0 saturated carbocycles. The average molecular weight is 331 g/mol. The van der Waals surface area contributed by atoms with Crippen LogP contribution < -0.4 is 0 Å². The number of aromatic amines is 1. The number of fused-ring (bicyclic) bond motifs is 1. The normalized spacial score (nSPS) is 11.4. The predicted molar refractivity (Wildman–Crippen MR) is 101 cm³/mol. The average Bonchev–Trinajstić information content (AvgIpc) is 3.08. The SMILES string of the molecule is Cc1nc2c(-c3c(C)cccc3C)cc(-c3c(C)noc3C)cc2[nH]1. The second-order valence-electron chi connectivity index (χ2n) is 6.71. The van der Waals surface area contributed by atoms with Crippen molar-refractivity contribution in [2.75, 3.05) is 0 Å². The number of rotatable bonds is 2. The van der Waals surface area contributed by atoms with Crippen molar-refractivity contribution in [2.24, 2.45) is 0 Å². The number of benzene rings is 2. The molecule has 0 aliphatic carbocycles. The number of aromatic nitrogens is 3. The van der Waals surface area contributed by atoms with E-state index in [-0.39, 0.29) is 0 Å². The minimum atomic E-state index is 0.834. The Morgan fingerprint density at radius 2 is 1.64 bits per heavy atom. The molecule has 126 valence electrons. The van der Waals surface area contributed by atoms with Crippen molar-refractivity contribution in [1.82, 2.24) is 15.1 Å². The van der Waals surface area contributed by atoms with E-state index >= 15 is 0 Å². The van der Waals surface area contributed by atoms with Gasteiger partial charge in [-0.1, -0.05) is 23.4 Å². The Kier molecular flexibility index (Phi) is 3.49. The summed E-state index contributed by atoms with van der Waals surface area (Å²) in [5.41, 5.74) is 9.99. The van der Waals surface area contributed by atoms with E-state index in [0.29, 0.717) is 0 Å². The Morgan fingerprint density at radius 3 is 2.28 bits per heavy atom. The molecule has 0 saturated heterocycles. The summed E-state index contributed by atoms with van der Waals surface area (Å²) in [6.07, 6.45) is 0. The van der Waals surface area contributed by atoms with Crippen molar-refractivity contribution in [3.8, 4) is 22.3 Å². The predicted octanol–water partition coefficient (Wildman–Crippen LogP) is 5.43. The Bertz CT molecular complexity index is 1060. The molecule has 0 aliphatic heterocycles. The summed E-state index contributed by atoms with van der Waals surface area (Å²) in [7, 11) is 0. The molecule has 0 atom stereocenters. The van der Waals surface area contributed by atoms with Gasteiger partial charge in [0.15, 0.2) is 0 Å². The van der Waals surface area contributed by atoms with E-state index in [4.69, 9.17) is 9.51 Å². The van der Waals surface area contributed by atoms with Gasteiger partial charge in [-0.2, -0.15) is 0 Å². The standard InChI is InChI=1S/C21H21N3O/c1-11-7-6-8-12(2)19(11)17-9-16(20-13(3)24-25-14(20)4)10-18-21(17)23-15(5)22-18/h6-10H,1-5H3,(H,22,23). The highest BCUT2D eigenvalue weighted by atomic mass is 16.5. The van der Waals surface area contributed by atoms with Crippen LogP contribution in [0.5, 0.6) is 0 Å². The van der Waals surface area contributed by atoms with Crippen LogP contribution in [0.4, 0.5) is 0 Å². The third kappa shape index (κ3) is 2.45. The molecule has 2 aromatic heterocycles. The van der Waals surface area contributed by atoms with E-state index in [0.717, 1.165) is 45.0 Å². The minimum Gasteiger partial charge on any atom is -0.361 e. The molecular formula is C21H21N3O. The summed E-state index contributed by atoms with van der Waals surface area (Å²) >= 11 is 0. The van der Waals surface area contributed by atoms with Crippen LogP contribution in [0.2, 0.25) is 0 Å². The van der Waals surface area contributed by atoms with Crippen LogP contribution in [0.15, 0.2) is 34.9 Å². The maximum Gasteiger partial charge on any atom is 0.141 e. The summed E-state index contributed by atoms with van der Waals surface area (Å²) in [6, 6.07) is 10.7. The summed E-state index contributed by atoms with van der Waals surface area (Å²) in [5.74, 6) is 1.75. The molecule has 0 bridgehead atoms. The van der Waals surface area contributed by atoms with Crippen molar-refractivity contribution in [2.45, 2.75) is 34.6 Å². The van der Waals surface area contributed by atoms with Gasteiger partial charge in [0.25, 0.3) is 0 Å². The maximum atomic E-state index is 5.38. The lowest BCUT2D eigenvalue weighted by molar-refractivity contribution is 0.393. The van der Waals surface area contributed by atoms with Crippen molar-refractivity contribution in [3.63, 3.8) is 0 Å². The lowest BCUT2D eigenvalue weighted by atomic mass is 9.91. The van der Waals surface area contributed by atoms with Crippen LogP contribution in [0, 0.1) is 34.6 Å². The van der Waals surface area contributed by atoms with Crippen LogP contribution in [0.3, 0.4) is 0 Å². The second kappa shape index (κ2) is 5.59. The number of nitrogens with one attached hydrogen (secondary N) is 1. The van der Waals surface area contributed by atoms with E-state index in [1.165, 1.54) is 16.7 Å². The first kappa shape index (κ1) is 15.6.